The number of hydrogen-bond acceptors (Lipinski definition) is 4. The lowest BCUT2D eigenvalue weighted by molar-refractivity contribution is 0.0954. The van der Waals surface area contributed by atoms with E-state index in [1.165, 1.54) is 11.3 Å². The quantitative estimate of drug-likeness (QED) is 0.724. The fourth-order valence-electron chi connectivity index (χ4n) is 2.14. The van der Waals surface area contributed by atoms with Crippen LogP contribution in [0.2, 0.25) is 10.0 Å². The van der Waals surface area contributed by atoms with E-state index in [-0.39, 0.29) is 11.7 Å². The smallest absolute Gasteiger partial charge is 0.251 e. The van der Waals surface area contributed by atoms with Crippen LogP contribution in [0.15, 0.2) is 36.4 Å². The molecule has 23 heavy (non-hydrogen) atoms. The molecule has 1 heterocycles. The van der Waals surface area contributed by atoms with E-state index < -0.39 is 0 Å². The first-order valence-corrected chi connectivity index (χ1v) is 8.41. The first-order chi connectivity index (χ1) is 11.0. The van der Waals surface area contributed by atoms with Gasteiger partial charge in [-0.15, -0.1) is 11.3 Å². The van der Waals surface area contributed by atoms with Gasteiger partial charge in [-0.2, -0.15) is 0 Å². The molecule has 1 amide bonds. The molecule has 4 nitrogen and oxygen atoms in total. The zero-order valence-electron chi connectivity index (χ0n) is 11.8. The Kier molecular flexibility index (Phi) is 4.71. The number of rotatable bonds is 4. The third kappa shape index (κ3) is 3.93. The summed E-state index contributed by atoms with van der Waals surface area (Å²) >= 11 is 13.3. The lowest BCUT2D eigenvalue weighted by atomic mass is 10.2. The number of phenols is 1. The summed E-state index contributed by atoms with van der Waals surface area (Å²) in [6, 6.07) is 9.79. The summed E-state index contributed by atoms with van der Waals surface area (Å²) in [6.07, 6.45) is 0.611. The Morgan fingerprint density at radius 2 is 1.91 bits per heavy atom. The van der Waals surface area contributed by atoms with Crippen molar-refractivity contribution in [1.82, 2.24) is 10.3 Å². The van der Waals surface area contributed by atoms with E-state index in [1.54, 1.807) is 36.4 Å². The van der Waals surface area contributed by atoms with Gasteiger partial charge in [-0.05, 0) is 36.4 Å². The maximum atomic E-state index is 12.1. The van der Waals surface area contributed by atoms with Crippen LogP contribution in [0, 0.1) is 0 Å². The predicted molar refractivity (Wildman–Crippen MR) is 93.8 cm³/mol. The van der Waals surface area contributed by atoms with Crippen molar-refractivity contribution in [1.29, 1.82) is 0 Å². The predicted octanol–water partition coefficient (Wildman–Crippen LogP) is 4.28. The van der Waals surface area contributed by atoms with E-state index in [2.05, 4.69) is 10.3 Å². The third-order valence-corrected chi connectivity index (χ3v) is 4.68. The lowest BCUT2D eigenvalue weighted by Gasteiger charge is -2.05. The highest BCUT2D eigenvalue weighted by Crippen LogP contribution is 2.25. The summed E-state index contributed by atoms with van der Waals surface area (Å²) in [5.74, 6) is -0.00741. The molecular weight excluding hydrogens is 355 g/mol. The van der Waals surface area contributed by atoms with Crippen LogP contribution in [-0.4, -0.2) is 22.5 Å². The van der Waals surface area contributed by atoms with Gasteiger partial charge in [0.2, 0.25) is 0 Å². The average Bonchev–Trinajstić information content (AvgIpc) is 2.87. The molecule has 0 aliphatic carbocycles. The van der Waals surface area contributed by atoms with Crippen LogP contribution in [0.4, 0.5) is 0 Å². The Hall–Kier alpha value is -1.82. The van der Waals surface area contributed by atoms with Gasteiger partial charge in [-0.1, -0.05) is 23.2 Å². The summed E-state index contributed by atoms with van der Waals surface area (Å²) in [7, 11) is 0. The van der Waals surface area contributed by atoms with E-state index in [9.17, 15) is 9.90 Å². The normalized spacial score (nSPS) is 10.9. The van der Waals surface area contributed by atoms with Crippen LogP contribution >= 0.6 is 34.5 Å². The topological polar surface area (TPSA) is 62.2 Å². The van der Waals surface area contributed by atoms with Gasteiger partial charge in [-0.3, -0.25) is 4.79 Å². The molecule has 7 heteroatoms. The third-order valence-electron chi connectivity index (χ3n) is 3.17. The molecule has 0 atom stereocenters. The molecule has 2 N–H and O–H groups in total. The van der Waals surface area contributed by atoms with E-state index in [0.717, 1.165) is 15.2 Å². The summed E-state index contributed by atoms with van der Waals surface area (Å²) < 4.78 is 0.924. The number of aromatic hydroxyl groups is 1. The number of nitrogens with zero attached hydrogens (tertiary/aromatic N) is 1. The molecule has 1 aromatic heterocycles. The van der Waals surface area contributed by atoms with Crippen molar-refractivity contribution in [3.8, 4) is 5.75 Å². The van der Waals surface area contributed by atoms with Gasteiger partial charge < -0.3 is 10.4 Å². The standard InChI is InChI=1S/C16H12Cl2N2O2S/c17-10-5-9(6-11(18)7-10)16(22)19-4-3-15-20-13-2-1-12(21)8-14(13)23-15/h1-2,5-8,21H,3-4H2,(H,19,22). The number of nitrogens with one attached hydrogen (secondary N) is 1. The van der Waals surface area contributed by atoms with E-state index in [0.29, 0.717) is 28.6 Å². The number of hydrogen-bond donors (Lipinski definition) is 2. The Morgan fingerprint density at radius 3 is 2.65 bits per heavy atom. The SMILES string of the molecule is O=C(NCCc1nc2ccc(O)cc2s1)c1cc(Cl)cc(Cl)c1. The highest BCUT2D eigenvalue weighted by Gasteiger charge is 2.09. The van der Waals surface area contributed by atoms with E-state index in [4.69, 9.17) is 23.2 Å². The van der Waals surface area contributed by atoms with Crippen molar-refractivity contribution in [3.63, 3.8) is 0 Å². The van der Waals surface area contributed by atoms with E-state index in [1.807, 2.05) is 0 Å². The fourth-order valence-corrected chi connectivity index (χ4v) is 3.66. The van der Waals surface area contributed by atoms with E-state index >= 15 is 0 Å². The average molecular weight is 367 g/mol. The van der Waals surface area contributed by atoms with Crippen LogP contribution in [0.1, 0.15) is 15.4 Å². The summed E-state index contributed by atoms with van der Waals surface area (Å²) in [5.41, 5.74) is 1.27. The molecule has 0 saturated carbocycles. The van der Waals surface area contributed by atoms with Crippen LogP contribution in [0.25, 0.3) is 10.2 Å². The zero-order chi connectivity index (χ0) is 16.4. The Morgan fingerprint density at radius 1 is 1.17 bits per heavy atom. The molecule has 0 saturated heterocycles. The molecule has 0 radical (unpaired) electrons. The van der Waals surface area contributed by atoms with Crippen molar-refractivity contribution in [2.45, 2.75) is 6.42 Å². The molecule has 0 aliphatic rings. The number of amides is 1. The number of carbonyl (C=O) groups excluding carboxylic acids is 1. The van der Waals surface area contributed by atoms with Gasteiger partial charge in [0.15, 0.2) is 0 Å². The maximum absolute atomic E-state index is 12.1. The zero-order valence-corrected chi connectivity index (χ0v) is 14.2. The number of phenolic OH excluding ortho intramolecular Hbond substituents is 1. The number of thiazole rings is 1. The van der Waals surface area contributed by atoms with Crippen molar-refractivity contribution in [2.24, 2.45) is 0 Å². The Labute approximate surface area is 146 Å². The van der Waals surface area contributed by atoms with Crippen LogP contribution in [0.5, 0.6) is 5.75 Å². The van der Waals surface area contributed by atoms with Crippen molar-refractivity contribution in [2.75, 3.05) is 6.54 Å². The molecule has 2 aromatic carbocycles. The second-order valence-electron chi connectivity index (χ2n) is 4.92. The minimum Gasteiger partial charge on any atom is -0.508 e. The van der Waals surface area contributed by atoms with Crippen molar-refractivity contribution in [3.05, 3.63) is 57.0 Å². The molecule has 0 bridgehead atoms. The number of benzene rings is 2. The van der Waals surface area contributed by atoms with Crippen molar-refractivity contribution >= 4 is 50.7 Å². The fraction of sp³-hybridized carbons (Fsp3) is 0.125. The van der Waals surface area contributed by atoms with Crippen LogP contribution in [-0.2, 0) is 6.42 Å². The summed E-state index contributed by atoms with van der Waals surface area (Å²) in [5, 5.41) is 14.0. The van der Waals surface area contributed by atoms with Gasteiger partial charge >= 0.3 is 0 Å². The Balaban J connectivity index is 1.62. The molecule has 0 unspecified atom stereocenters. The number of aromatic nitrogens is 1. The van der Waals surface area contributed by atoms with Gasteiger partial charge in [0.1, 0.15) is 5.75 Å². The molecule has 0 aliphatic heterocycles. The highest BCUT2D eigenvalue weighted by molar-refractivity contribution is 7.18. The molecule has 118 valence electrons. The van der Waals surface area contributed by atoms with Gasteiger partial charge in [-0.25, -0.2) is 4.98 Å². The summed E-state index contributed by atoms with van der Waals surface area (Å²) in [6.45, 7) is 0.453. The monoisotopic (exact) mass is 366 g/mol. The Bertz CT molecular complexity index is 859. The number of fused-ring (bicyclic) bond motifs is 1. The second kappa shape index (κ2) is 6.74. The highest BCUT2D eigenvalue weighted by atomic mass is 35.5. The molecule has 3 aromatic rings. The number of halogens is 2. The van der Waals surface area contributed by atoms with Gasteiger partial charge in [0.25, 0.3) is 5.91 Å². The molecule has 3 rings (SSSR count). The molecule has 0 spiro atoms. The van der Waals surface area contributed by atoms with Gasteiger partial charge in [0, 0.05) is 28.6 Å². The first-order valence-electron chi connectivity index (χ1n) is 6.84. The van der Waals surface area contributed by atoms with Crippen molar-refractivity contribution < 1.29 is 9.90 Å². The first kappa shape index (κ1) is 16.1. The van der Waals surface area contributed by atoms with Crippen LogP contribution in [0.3, 0.4) is 0 Å². The number of carbonyl (C=O) groups is 1. The van der Waals surface area contributed by atoms with Crippen LogP contribution < -0.4 is 5.32 Å². The lowest BCUT2D eigenvalue weighted by Crippen LogP contribution is -2.25. The molecule has 0 fully saturated rings. The summed E-state index contributed by atoms with van der Waals surface area (Å²) in [4.78, 5) is 16.5. The minimum absolute atomic E-state index is 0.221. The molecular formula is C16H12Cl2N2O2S. The minimum atomic E-state index is -0.229. The van der Waals surface area contributed by atoms with Gasteiger partial charge in [0.05, 0.1) is 15.2 Å². The largest absolute Gasteiger partial charge is 0.508 e. The second-order valence-corrected chi connectivity index (χ2v) is 6.91. The maximum Gasteiger partial charge on any atom is 0.251 e.